The van der Waals surface area contributed by atoms with Crippen molar-refractivity contribution in [3.63, 3.8) is 0 Å². The minimum Gasteiger partial charge on any atom is -0.324 e. The van der Waals surface area contributed by atoms with E-state index < -0.39 is 0 Å². The monoisotopic (exact) mass is 321 g/mol. The van der Waals surface area contributed by atoms with Crippen molar-refractivity contribution in [3.05, 3.63) is 51.3 Å². The van der Waals surface area contributed by atoms with Crippen LogP contribution in [0.3, 0.4) is 0 Å². The summed E-state index contributed by atoms with van der Waals surface area (Å²) in [6.45, 7) is 4.08. The van der Waals surface area contributed by atoms with Gasteiger partial charge in [0.05, 0.1) is 0 Å². The van der Waals surface area contributed by atoms with E-state index in [0.29, 0.717) is 0 Å². The standard InChI is InChI=1S/C15H16BrNS/c1-10(11(2)17)8-14-6-7-15(18-14)12-4-3-5-13(16)9-12/h3-9,11H,17H2,1-2H3/b10-8+. The quantitative estimate of drug-likeness (QED) is 0.852. The van der Waals surface area contributed by atoms with Crippen molar-refractivity contribution >= 4 is 33.3 Å². The van der Waals surface area contributed by atoms with Gasteiger partial charge >= 0.3 is 0 Å². The van der Waals surface area contributed by atoms with E-state index in [1.807, 2.05) is 13.0 Å². The van der Waals surface area contributed by atoms with Gasteiger partial charge in [0.2, 0.25) is 0 Å². The summed E-state index contributed by atoms with van der Waals surface area (Å²) in [7, 11) is 0. The Hall–Kier alpha value is -0.900. The van der Waals surface area contributed by atoms with E-state index in [1.165, 1.54) is 20.9 Å². The first-order valence-electron chi connectivity index (χ1n) is 5.86. The number of thiophene rings is 1. The second kappa shape index (κ2) is 5.83. The molecular formula is C15H16BrNS. The van der Waals surface area contributed by atoms with Crippen LogP contribution in [-0.2, 0) is 0 Å². The van der Waals surface area contributed by atoms with Gasteiger partial charge in [-0.1, -0.05) is 33.6 Å². The number of hydrogen-bond donors (Lipinski definition) is 1. The molecule has 0 saturated heterocycles. The summed E-state index contributed by atoms with van der Waals surface area (Å²) in [5.41, 5.74) is 8.30. The van der Waals surface area contributed by atoms with Crippen molar-refractivity contribution in [1.29, 1.82) is 0 Å². The fourth-order valence-corrected chi connectivity index (χ4v) is 3.00. The fraction of sp³-hybridized carbons (Fsp3) is 0.200. The van der Waals surface area contributed by atoms with Gasteiger partial charge in [0.1, 0.15) is 0 Å². The Kier molecular flexibility index (Phi) is 4.38. The zero-order chi connectivity index (χ0) is 13.1. The highest BCUT2D eigenvalue weighted by Crippen LogP contribution is 2.30. The molecule has 1 unspecified atom stereocenters. The van der Waals surface area contributed by atoms with E-state index in [0.717, 1.165) is 4.47 Å². The van der Waals surface area contributed by atoms with Crippen LogP contribution < -0.4 is 5.73 Å². The molecule has 2 N–H and O–H groups in total. The first-order valence-corrected chi connectivity index (χ1v) is 7.47. The number of benzene rings is 1. The summed E-state index contributed by atoms with van der Waals surface area (Å²) in [4.78, 5) is 2.53. The minimum absolute atomic E-state index is 0.112. The van der Waals surface area contributed by atoms with E-state index in [1.54, 1.807) is 11.3 Å². The third kappa shape index (κ3) is 3.31. The topological polar surface area (TPSA) is 26.0 Å². The highest BCUT2D eigenvalue weighted by molar-refractivity contribution is 9.10. The Morgan fingerprint density at radius 1 is 1.33 bits per heavy atom. The Morgan fingerprint density at radius 3 is 2.78 bits per heavy atom. The molecular weight excluding hydrogens is 306 g/mol. The normalized spacial score (nSPS) is 13.7. The largest absolute Gasteiger partial charge is 0.324 e. The fourth-order valence-electron chi connectivity index (χ4n) is 1.58. The molecule has 0 aliphatic rings. The van der Waals surface area contributed by atoms with Crippen LogP contribution in [0.15, 0.2) is 46.4 Å². The zero-order valence-corrected chi connectivity index (χ0v) is 12.9. The molecule has 0 bridgehead atoms. The van der Waals surface area contributed by atoms with Gasteiger partial charge in [-0.25, -0.2) is 0 Å². The molecule has 0 radical (unpaired) electrons. The van der Waals surface area contributed by atoms with E-state index >= 15 is 0 Å². The van der Waals surface area contributed by atoms with Crippen molar-refractivity contribution in [2.45, 2.75) is 19.9 Å². The maximum absolute atomic E-state index is 5.85. The SMILES string of the molecule is C/C(=C\c1ccc(-c2cccc(Br)c2)s1)C(C)N. The predicted molar refractivity (Wildman–Crippen MR) is 84.8 cm³/mol. The summed E-state index contributed by atoms with van der Waals surface area (Å²) in [6.07, 6.45) is 2.16. The molecule has 18 heavy (non-hydrogen) atoms. The third-order valence-corrected chi connectivity index (χ3v) is 4.40. The van der Waals surface area contributed by atoms with Crippen LogP contribution in [0.2, 0.25) is 0 Å². The Balaban J connectivity index is 2.29. The maximum atomic E-state index is 5.85. The lowest BCUT2D eigenvalue weighted by Crippen LogP contribution is -2.15. The van der Waals surface area contributed by atoms with Crippen molar-refractivity contribution < 1.29 is 0 Å². The maximum Gasteiger partial charge on any atom is 0.0349 e. The highest BCUT2D eigenvalue weighted by Gasteiger charge is 2.03. The number of rotatable bonds is 3. The van der Waals surface area contributed by atoms with Gasteiger partial charge in [0, 0.05) is 20.3 Å². The van der Waals surface area contributed by atoms with Gasteiger partial charge in [-0.15, -0.1) is 11.3 Å². The molecule has 0 aliphatic carbocycles. The summed E-state index contributed by atoms with van der Waals surface area (Å²) in [5.74, 6) is 0. The molecule has 3 heteroatoms. The third-order valence-electron chi connectivity index (χ3n) is 2.82. The lowest BCUT2D eigenvalue weighted by molar-refractivity contribution is 0.868. The lowest BCUT2D eigenvalue weighted by Gasteiger charge is -2.03. The van der Waals surface area contributed by atoms with Crippen molar-refractivity contribution in [1.82, 2.24) is 0 Å². The Bertz CT molecular complexity index is 569. The minimum atomic E-state index is 0.112. The Labute approximate surface area is 120 Å². The molecule has 0 fully saturated rings. The average molecular weight is 322 g/mol. The van der Waals surface area contributed by atoms with Crippen LogP contribution in [0, 0.1) is 0 Å². The molecule has 1 atom stereocenters. The van der Waals surface area contributed by atoms with Gasteiger partial charge in [-0.2, -0.15) is 0 Å². The van der Waals surface area contributed by atoms with Crippen LogP contribution in [0.5, 0.6) is 0 Å². The van der Waals surface area contributed by atoms with Crippen molar-refractivity contribution in [2.24, 2.45) is 5.73 Å². The van der Waals surface area contributed by atoms with Crippen LogP contribution in [-0.4, -0.2) is 6.04 Å². The molecule has 0 saturated carbocycles. The zero-order valence-electron chi connectivity index (χ0n) is 10.5. The molecule has 2 aromatic rings. The van der Waals surface area contributed by atoms with Crippen LogP contribution in [0.25, 0.3) is 16.5 Å². The first-order chi connectivity index (χ1) is 8.56. The van der Waals surface area contributed by atoms with E-state index in [9.17, 15) is 0 Å². The van der Waals surface area contributed by atoms with E-state index in [2.05, 4.69) is 59.3 Å². The van der Waals surface area contributed by atoms with Crippen molar-refractivity contribution in [2.75, 3.05) is 0 Å². The molecule has 1 aromatic heterocycles. The highest BCUT2D eigenvalue weighted by atomic mass is 79.9. The molecule has 0 amide bonds. The number of nitrogens with two attached hydrogens (primary N) is 1. The molecule has 1 aromatic carbocycles. The molecule has 0 spiro atoms. The molecule has 1 heterocycles. The van der Waals surface area contributed by atoms with Crippen LogP contribution in [0.4, 0.5) is 0 Å². The summed E-state index contributed by atoms with van der Waals surface area (Å²) < 4.78 is 1.11. The first kappa shape index (κ1) is 13.5. The molecule has 94 valence electrons. The van der Waals surface area contributed by atoms with Crippen LogP contribution >= 0.6 is 27.3 Å². The molecule has 1 nitrogen and oxygen atoms in total. The summed E-state index contributed by atoms with van der Waals surface area (Å²) in [5, 5.41) is 0. The van der Waals surface area contributed by atoms with E-state index in [4.69, 9.17) is 5.73 Å². The molecule has 2 rings (SSSR count). The van der Waals surface area contributed by atoms with Gasteiger partial charge in [-0.05, 0) is 49.8 Å². The van der Waals surface area contributed by atoms with E-state index in [-0.39, 0.29) is 6.04 Å². The second-order valence-electron chi connectivity index (χ2n) is 4.39. The smallest absolute Gasteiger partial charge is 0.0349 e. The van der Waals surface area contributed by atoms with Gasteiger partial charge < -0.3 is 5.73 Å². The number of hydrogen-bond acceptors (Lipinski definition) is 2. The Morgan fingerprint density at radius 2 is 2.11 bits per heavy atom. The second-order valence-corrected chi connectivity index (χ2v) is 6.42. The average Bonchev–Trinajstić information content (AvgIpc) is 2.77. The lowest BCUT2D eigenvalue weighted by atomic mass is 10.1. The van der Waals surface area contributed by atoms with Crippen molar-refractivity contribution in [3.8, 4) is 10.4 Å². The number of halogens is 1. The predicted octanol–water partition coefficient (Wildman–Crippen LogP) is 4.93. The summed E-state index contributed by atoms with van der Waals surface area (Å²) in [6, 6.07) is 12.8. The summed E-state index contributed by atoms with van der Waals surface area (Å²) >= 11 is 5.29. The molecule has 0 aliphatic heterocycles. The van der Waals surface area contributed by atoms with Crippen LogP contribution in [0.1, 0.15) is 18.7 Å². The van der Waals surface area contributed by atoms with Gasteiger partial charge in [0.25, 0.3) is 0 Å². The van der Waals surface area contributed by atoms with Gasteiger partial charge in [0.15, 0.2) is 0 Å². The van der Waals surface area contributed by atoms with Gasteiger partial charge in [-0.3, -0.25) is 0 Å².